The molecule has 1 aromatic heterocycles. The first-order valence-corrected chi connectivity index (χ1v) is 10.1. The molecule has 3 heterocycles. The van der Waals surface area contributed by atoms with Gasteiger partial charge in [-0.25, -0.2) is 14.8 Å². The number of nitrogens with one attached hydrogen (secondary N) is 1. The summed E-state index contributed by atoms with van der Waals surface area (Å²) in [5.74, 6) is 0.412. The van der Waals surface area contributed by atoms with Crippen LogP contribution < -0.4 is 16.0 Å². The summed E-state index contributed by atoms with van der Waals surface area (Å²) in [5.41, 5.74) is 8.75. The molecule has 2 saturated heterocycles. The highest BCUT2D eigenvalue weighted by atomic mass is 16.6. The minimum atomic E-state index is -0.345. The van der Waals surface area contributed by atoms with Gasteiger partial charge in [0.15, 0.2) is 0 Å². The lowest BCUT2D eigenvalue weighted by Gasteiger charge is -2.20. The highest BCUT2D eigenvalue weighted by molar-refractivity contribution is 6.00. The second-order valence-electron chi connectivity index (χ2n) is 7.50. The van der Waals surface area contributed by atoms with Crippen LogP contribution in [0.5, 0.6) is 0 Å². The van der Waals surface area contributed by atoms with Gasteiger partial charge in [-0.15, -0.1) is 0 Å². The Morgan fingerprint density at radius 3 is 2.87 bits per heavy atom. The number of hydrogen-bond acceptors (Lipinski definition) is 8. The molecule has 1 unspecified atom stereocenters. The Kier molecular flexibility index (Phi) is 5.80. The van der Waals surface area contributed by atoms with Crippen molar-refractivity contribution in [3.8, 4) is 0 Å². The van der Waals surface area contributed by atoms with E-state index in [1.807, 2.05) is 32.0 Å². The molecule has 4 rings (SSSR count). The fourth-order valence-electron chi connectivity index (χ4n) is 3.63. The fourth-order valence-corrected chi connectivity index (χ4v) is 3.63. The van der Waals surface area contributed by atoms with Crippen LogP contribution in [0.3, 0.4) is 0 Å². The van der Waals surface area contributed by atoms with Crippen molar-refractivity contribution in [3.05, 3.63) is 36.3 Å². The Labute approximate surface area is 175 Å². The molecule has 9 nitrogen and oxygen atoms in total. The zero-order valence-electron chi connectivity index (χ0n) is 17.2. The number of aromatic nitrogens is 2. The van der Waals surface area contributed by atoms with Crippen molar-refractivity contribution in [2.45, 2.75) is 38.8 Å². The van der Waals surface area contributed by atoms with Crippen molar-refractivity contribution < 1.29 is 14.3 Å². The summed E-state index contributed by atoms with van der Waals surface area (Å²) in [6.07, 6.45) is 4.68. The largest absolute Gasteiger partial charge is 0.447 e. The molecule has 2 fully saturated rings. The predicted octanol–water partition coefficient (Wildman–Crippen LogP) is 2.83. The zero-order valence-corrected chi connectivity index (χ0v) is 17.2. The van der Waals surface area contributed by atoms with Gasteiger partial charge in [0.25, 0.3) is 0 Å². The molecular weight excluding hydrogens is 384 g/mol. The lowest BCUT2D eigenvalue weighted by molar-refractivity contribution is 0.0871. The van der Waals surface area contributed by atoms with Gasteiger partial charge in [0.2, 0.25) is 5.95 Å². The van der Waals surface area contributed by atoms with Crippen molar-refractivity contribution in [2.24, 2.45) is 10.7 Å². The number of rotatable bonds is 5. The van der Waals surface area contributed by atoms with Crippen molar-refractivity contribution in [1.82, 2.24) is 9.97 Å². The second-order valence-corrected chi connectivity index (χ2v) is 7.50. The minimum Gasteiger partial charge on any atom is -0.447 e. The molecule has 3 N–H and O–H groups in total. The van der Waals surface area contributed by atoms with Crippen LogP contribution in [-0.2, 0) is 9.47 Å². The van der Waals surface area contributed by atoms with Gasteiger partial charge in [-0.2, -0.15) is 0 Å². The molecule has 9 heteroatoms. The lowest BCUT2D eigenvalue weighted by atomic mass is 10.1. The van der Waals surface area contributed by atoms with Crippen LogP contribution in [-0.4, -0.2) is 53.7 Å². The molecule has 1 amide bonds. The number of nitrogens with zero attached hydrogens (tertiary/aromatic N) is 4. The zero-order chi connectivity index (χ0) is 21.1. The maximum Gasteiger partial charge on any atom is 0.414 e. The number of allylic oxidation sites excluding steroid dienone is 1. The molecule has 0 bridgehead atoms. The van der Waals surface area contributed by atoms with Crippen molar-refractivity contribution in [3.63, 3.8) is 0 Å². The first kappa shape index (κ1) is 20.1. The van der Waals surface area contributed by atoms with E-state index in [2.05, 4.69) is 15.3 Å². The number of amides is 1. The maximum absolute atomic E-state index is 12.0. The highest BCUT2D eigenvalue weighted by Crippen LogP contribution is 2.26. The molecular formula is C21H26N6O3. The van der Waals surface area contributed by atoms with E-state index < -0.39 is 0 Å². The standard InChI is InChI=1S/C21H26N6O3/c1-13-12-30-21(28)27(13)17-4-3-15-11-23-20(25-18(15)9-17)26-19(10-22)14(2)24-16-5-7-29-8-6-16/h3-4,9-11,13,16H,5-8,12,22H2,1-2H3,(H,23,25,26)/b19-10+,24-14?. The Morgan fingerprint density at radius 1 is 1.37 bits per heavy atom. The Hall–Kier alpha value is -3.20. The average molecular weight is 410 g/mol. The average Bonchev–Trinajstić information content (AvgIpc) is 3.10. The fraction of sp³-hybridized carbons (Fsp3) is 0.429. The van der Waals surface area contributed by atoms with Crippen LogP contribution in [0.15, 0.2) is 41.3 Å². The number of aliphatic imine (C=N–C) groups is 1. The summed E-state index contributed by atoms with van der Waals surface area (Å²) >= 11 is 0. The van der Waals surface area contributed by atoms with E-state index in [0.29, 0.717) is 23.8 Å². The van der Waals surface area contributed by atoms with Gasteiger partial charge in [0, 0.05) is 36.7 Å². The number of nitrogens with two attached hydrogens (primary N) is 1. The molecule has 2 aromatic rings. The van der Waals surface area contributed by atoms with Crippen LogP contribution in [0, 0.1) is 0 Å². The highest BCUT2D eigenvalue weighted by Gasteiger charge is 2.31. The number of carbonyl (C=O) groups is 1. The number of anilines is 2. The third-order valence-corrected chi connectivity index (χ3v) is 5.30. The molecule has 158 valence electrons. The minimum absolute atomic E-state index is 0.0230. The van der Waals surface area contributed by atoms with Crippen molar-refractivity contribution in [1.29, 1.82) is 0 Å². The second kappa shape index (κ2) is 8.66. The Bertz CT molecular complexity index is 999. The van der Waals surface area contributed by atoms with Crippen LogP contribution in [0.2, 0.25) is 0 Å². The van der Waals surface area contributed by atoms with E-state index in [1.165, 1.54) is 6.20 Å². The van der Waals surface area contributed by atoms with Gasteiger partial charge in [0.1, 0.15) is 6.61 Å². The monoisotopic (exact) mass is 410 g/mol. The molecule has 0 saturated carbocycles. The van der Waals surface area contributed by atoms with E-state index >= 15 is 0 Å². The third-order valence-electron chi connectivity index (χ3n) is 5.30. The van der Waals surface area contributed by atoms with Crippen LogP contribution in [0.4, 0.5) is 16.4 Å². The summed E-state index contributed by atoms with van der Waals surface area (Å²) < 4.78 is 10.5. The summed E-state index contributed by atoms with van der Waals surface area (Å²) in [7, 11) is 0. The van der Waals surface area contributed by atoms with Crippen molar-refractivity contribution in [2.75, 3.05) is 30.0 Å². The molecule has 2 aliphatic heterocycles. The Balaban J connectivity index is 1.56. The number of cyclic esters (lactones) is 1. The summed E-state index contributed by atoms with van der Waals surface area (Å²) in [4.78, 5) is 27.4. The van der Waals surface area contributed by atoms with E-state index in [1.54, 1.807) is 11.1 Å². The SMILES string of the molecule is CC(=NC1CCOCC1)/C(=C\N)Nc1ncc2ccc(N3C(=O)OCC3C)cc2n1. The van der Waals surface area contributed by atoms with Gasteiger partial charge < -0.3 is 20.5 Å². The van der Waals surface area contributed by atoms with Gasteiger partial charge in [-0.3, -0.25) is 9.89 Å². The topological polar surface area (TPSA) is 115 Å². The number of hydrogen-bond donors (Lipinski definition) is 2. The number of fused-ring (bicyclic) bond motifs is 1. The normalized spacial score (nSPS) is 21.2. The number of ether oxygens (including phenoxy) is 2. The van der Waals surface area contributed by atoms with E-state index in [0.717, 1.165) is 42.8 Å². The van der Waals surface area contributed by atoms with E-state index in [-0.39, 0.29) is 18.2 Å². The summed E-state index contributed by atoms with van der Waals surface area (Å²) in [6, 6.07) is 5.84. The molecule has 2 aliphatic rings. The number of carbonyl (C=O) groups excluding carboxylic acids is 1. The van der Waals surface area contributed by atoms with Crippen LogP contribution in [0.1, 0.15) is 26.7 Å². The molecule has 1 aromatic carbocycles. The summed E-state index contributed by atoms with van der Waals surface area (Å²) in [5, 5.41) is 4.03. The maximum atomic E-state index is 12.0. The molecule has 30 heavy (non-hydrogen) atoms. The predicted molar refractivity (Wildman–Crippen MR) is 116 cm³/mol. The van der Waals surface area contributed by atoms with Gasteiger partial charge in [-0.05, 0) is 44.9 Å². The summed E-state index contributed by atoms with van der Waals surface area (Å²) in [6.45, 7) is 5.71. The van der Waals surface area contributed by atoms with Gasteiger partial charge in [-0.1, -0.05) is 0 Å². The van der Waals surface area contributed by atoms with Crippen molar-refractivity contribution >= 4 is 34.3 Å². The molecule has 0 spiro atoms. The first-order valence-electron chi connectivity index (χ1n) is 10.1. The third kappa shape index (κ3) is 4.20. The Morgan fingerprint density at radius 2 is 2.17 bits per heavy atom. The lowest BCUT2D eigenvalue weighted by Crippen LogP contribution is -2.30. The first-order chi connectivity index (χ1) is 14.5. The van der Waals surface area contributed by atoms with Gasteiger partial charge >= 0.3 is 6.09 Å². The quantitative estimate of drug-likeness (QED) is 0.728. The van der Waals surface area contributed by atoms with Crippen LogP contribution in [0.25, 0.3) is 10.9 Å². The smallest absolute Gasteiger partial charge is 0.414 e. The van der Waals surface area contributed by atoms with E-state index in [9.17, 15) is 4.79 Å². The molecule has 0 aliphatic carbocycles. The van der Waals surface area contributed by atoms with Crippen LogP contribution >= 0.6 is 0 Å². The van der Waals surface area contributed by atoms with E-state index in [4.69, 9.17) is 20.2 Å². The molecule has 0 radical (unpaired) electrons. The number of benzene rings is 1. The van der Waals surface area contributed by atoms with Gasteiger partial charge in [0.05, 0.1) is 29.0 Å². The molecule has 1 atom stereocenters.